The van der Waals surface area contributed by atoms with Crippen molar-refractivity contribution in [3.8, 4) is 17.2 Å². The van der Waals surface area contributed by atoms with Crippen molar-refractivity contribution < 1.29 is 38.5 Å². The minimum Gasteiger partial charge on any atom is -0.497 e. The zero-order valence-electron chi connectivity index (χ0n) is 34.3. The van der Waals surface area contributed by atoms with E-state index in [1.807, 2.05) is 47.4 Å². The predicted octanol–water partition coefficient (Wildman–Crippen LogP) is 9.43. The van der Waals surface area contributed by atoms with Crippen LogP contribution in [-0.4, -0.2) is 80.1 Å². The van der Waals surface area contributed by atoms with Crippen molar-refractivity contribution in [1.82, 2.24) is 9.80 Å². The van der Waals surface area contributed by atoms with Crippen LogP contribution in [0.2, 0.25) is 0 Å². The largest absolute Gasteiger partial charge is 0.497 e. The molecule has 2 heterocycles. The molecule has 0 spiro atoms. The second-order valence-electron chi connectivity index (χ2n) is 15.3. The molecule has 2 aliphatic rings. The number of likely N-dealkylation sites (tertiary alicyclic amines) is 1. The highest BCUT2D eigenvalue weighted by molar-refractivity contribution is 5.80. The van der Waals surface area contributed by atoms with Gasteiger partial charge >= 0.3 is 5.97 Å². The number of amides is 1. The number of nitrogens with zero attached hydrogens (tertiary/aromatic N) is 3. The number of hydrogen-bond donors (Lipinski definition) is 0. The van der Waals surface area contributed by atoms with Gasteiger partial charge in [0.05, 0.1) is 32.8 Å². The molecule has 0 unspecified atom stereocenters. The number of hydrogen-bond acceptors (Lipinski definition) is 10. The standard InChI is InChI=1S/C44H67N3O9/c1-4-6-27-45(28-7-5-2)41(48)33-46-32-38(36-23-26-39-40(31-36)55-34-54-39)42(43(46)35-21-24-37(52-3)25-22-35)44(49)53-29-19-17-15-13-11-9-8-10-12-14-16-18-20-30-56-47(50)51/h21-26,31,38,42-43H,4-20,27-30,32-34H2,1-3H3/t38-,42-,43+/m1/s1. The van der Waals surface area contributed by atoms with Gasteiger partial charge in [-0.15, -0.1) is 10.1 Å². The third kappa shape index (κ3) is 14.5. The van der Waals surface area contributed by atoms with E-state index in [9.17, 15) is 19.7 Å². The highest BCUT2D eigenvalue weighted by atomic mass is 16.9. The first kappa shape index (κ1) is 44.7. The molecule has 0 saturated carbocycles. The van der Waals surface area contributed by atoms with Crippen LogP contribution in [0.1, 0.15) is 146 Å². The molecule has 4 rings (SSSR count). The third-order valence-electron chi connectivity index (χ3n) is 11.1. The topological polar surface area (TPSA) is 130 Å². The molecule has 12 nitrogen and oxygen atoms in total. The Morgan fingerprint density at radius 2 is 1.32 bits per heavy atom. The van der Waals surface area contributed by atoms with E-state index in [1.54, 1.807) is 7.11 Å². The van der Waals surface area contributed by atoms with Crippen molar-refractivity contribution in [3.05, 3.63) is 63.7 Å². The van der Waals surface area contributed by atoms with Gasteiger partial charge in [-0.3, -0.25) is 14.5 Å². The number of ether oxygens (including phenoxy) is 4. The summed E-state index contributed by atoms with van der Waals surface area (Å²) in [6.45, 7) is 7.26. The van der Waals surface area contributed by atoms with E-state index >= 15 is 0 Å². The maximum Gasteiger partial charge on any atom is 0.311 e. The Morgan fingerprint density at radius 1 is 0.768 bits per heavy atom. The normalized spacial score (nSPS) is 17.5. The van der Waals surface area contributed by atoms with Crippen molar-refractivity contribution in [2.75, 3.05) is 53.3 Å². The van der Waals surface area contributed by atoms with Gasteiger partial charge < -0.3 is 28.7 Å². The summed E-state index contributed by atoms with van der Waals surface area (Å²) in [4.78, 5) is 47.1. The van der Waals surface area contributed by atoms with Crippen LogP contribution in [0, 0.1) is 16.0 Å². The van der Waals surface area contributed by atoms with Gasteiger partial charge in [-0.25, -0.2) is 0 Å². The summed E-state index contributed by atoms with van der Waals surface area (Å²) in [5.74, 6) is 1.22. The number of benzene rings is 2. The van der Waals surface area contributed by atoms with Gasteiger partial charge in [0.25, 0.3) is 5.09 Å². The van der Waals surface area contributed by atoms with E-state index < -0.39 is 11.0 Å². The molecular weight excluding hydrogens is 714 g/mol. The van der Waals surface area contributed by atoms with Gasteiger partial charge in [0.1, 0.15) is 5.75 Å². The number of unbranched alkanes of at least 4 members (excludes halogenated alkanes) is 14. The maximum atomic E-state index is 14.3. The smallest absolute Gasteiger partial charge is 0.311 e. The molecule has 12 heteroatoms. The van der Waals surface area contributed by atoms with Crippen LogP contribution in [0.15, 0.2) is 42.5 Å². The van der Waals surface area contributed by atoms with Crippen LogP contribution < -0.4 is 14.2 Å². The average molecular weight is 782 g/mol. The van der Waals surface area contributed by atoms with E-state index in [1.165, 1.54) is 44.9 Å². The molecule has 0 aromatic heterocycles. The lowest BCUT2D eigenvalue weighted by molar-refractivity contribution is -0.757. The molecule has 3 atom stereocenters. The third-order valence-corrected chi connectivity index (χ3v) is 11.1. The molecule has 312 valence electrons. The van der Waals surface area contributed by atoms with E-state index in [2.05, 4.69) is 23.6 Å². The number of rotatable bonds is 29. The van der Waals surface area contributed by atoms with Crippen LogP contribution in [0.25, 0.3) is 0 Å². The average Bonchev–Trinajstić information content (AvgIpc) is 3.83. The van der Waals surface area contributed by atoms with Gasteiger partial charge in [-0.05, 0) is 61.1 Å². The monoisotopic (exact) mass is 781 g/mol. The molecule has 0 bridgehead atoms. The summed E-state index contributed by atoms with van der Waals surface area (Å²) < 4.78 is 23.0. The summed E-state index contributed by atoms with van der Waals surface area (Å²) in [5.41, 5.74) is 1.93. The zero-order valence-corrected chi connectivity index (χ0v) is 34.3. The van der Waals surface area contributed by atoms with E-state index in [-0.39, 0.29) is 43.8 Å². The first-order chi connectivity index (χ1) is 27.4. The maximum absolute atomic E-state index is 14.3. The molecule has 0 aliphatic carbocycles. The van der Waals surface area contributed by atoms with E-state index in [4.69, 9.17) is 18.9 Å². The molecule has 1 saturated heterocycles. The Kier molecular flexibility index (Phi) is 20.1. The molecule has 2 aromatic rings. The summed E-state index contributed by atoms with van der Waals surface area (Å²) in [6.07, 6.45) is 18.2. The Labute approximate surface area is 334 Å². The number of methoxy groups -OCH3 is 1. The lowest BCUT2D eigenvalue weighted by Crippen LogP contribution is -2.42. The number of carbonyl (C=O) groups is 2. The fraction of sp³-hybridized carbons (Fsp3) is 0.682. The first-order valence-corrected chi connectivity index (χ1v) is 21.4. The Morgan fingerprint density at radius 3 is 1.89 bits per heavy atom. The van der Waals surface area contributed by atoms with Gasteiger partial charge in [-0.1, -0.05) is 116 Å². The van der Waals surface area contributed by atoms with Gasteiger partial charge in [0.2, 0.25) is 12.7 Å². The van der Waals surface area contributed by atoms with Crippen LogP contribution in [-0.2, 0) is 19.2 Å². The Hall–Kier alpha value is -4.06. The quantitative estimate of drug-likeness (QED) is 0.0341. The zero-order chi connectivity index (χ0) is 40.0. The number of fused-ring (bicyclic) bond motifs is 1. The van der Waals surface area contributed by atoms with E-state index in [0.29, 0.717) is 24.7 Å². The molecule has 1 fully saturated rings. The fourth-order valence-corrected chi connectivity index (χ4v) is 7.95. The Bertz CT molecular complexity index is 1450. The van der Waals surface area contributed by atoms with Crippen LogP contribution in [0.3, 0.4) is 0 Å². The highest BCUT2D eigenvalue weighted by Gasteiger charge is 2.49. The summed E-state index contributed by atoms with van der Waals surface area (Å²) in [6, 6.07) is 13.4. The van der Waals surface area contributed by atoms with E-state index in [0.717, 1.165) is 94.2 Å². The van der Waals surface area contributed by atoms with Gasteiger partial charge in [0.15, 0.2) is 11.5 Å². The SMILES string of the molecule is CCCCN(CCCC)C(=O)CN1C[C@H](c2ccc3c(c2)OCO3)[C@@H](C(=O)OCCCCCCCCCCCCCCCO[N+](=O)[O-])[C@@H]1c1ccc(OC)cc1. The minimum atomic E-state index is -0.722. The predicted molar refractivity (Wildman–Crippen MR) is 216 cm³/mol. The molecule has 56 heavy (non-hydrogen) atoms. The summed E-state index contributed by atoms with van der Waals surface area (Å²) >= 11 is 0. The number of carbonyl (C=O) groups excluding carboxylic acids is 2. The lowest BCUT2D eigenvalue weighted by Gasteiger charge is -2.30. The van der Waals surface area contributed by atoms with Crippen molar-refractivity contribution >= 4 is 11.9 Å². The minimum absolute atomic E-state index is 0.0964. The van der Waals surface area contributed by atoms with Gasteiger partial charge in [-0.2, -0.15) is 0 Å². The molecule has 2 aliphatic heterocycles. The molecule has 0 N–H and O–H groups in total. The second-order valence-corrected chi connectivity index (χ2v) is 15.3. The first-order valence-electron chi connectivity index (χ1n) is 21.4. The number of esters is 1. The van der Waals surface area contributed by atoms with Crippen molar-refractivity contribution in [1.29, 1.82) is 0 Å². The van der Waals surface area contributed by atoms with Crippen molar-refractivity contribution in [2.45, 2.75) is 135 Å². The van der Waals surface area contributed by atoms with Crippen LogP contribution >= 0.6 is 0 Å². The Balaban J connectivity index is 1.34. The van der Waals surface area contributed by atoms with Crippen molar-refractivity contribution in [2.24, 2.45) is 5.92 Å². The lowest BCUT2D eigenvalue weighted by atomic mass is 9.82. The van der Waals surface area contributed by atoms with Gasteiger partial charge in [0, 0.05) is 31.6 Å². The van der Waals surface area contributed by atoms with Crippen LogP contribution in [0.5, 0.6) is 17.2 Å². The highest BCUT2D eigenvalue weighted by Crippen LogP contribution is 2.48. The second kappa shape index (κ2) is 25.2. The molecule has 2 aromatic carbocycles. The van der Waals surface area contributed by atoms with Crippen molar-refractivity contribution in [3.63, 3.8) is 0 Å². The fourth-order valence-electron chi connectivity index (χ4n) is 7.95. The summed E-state index contributed by atoms with van der Waals surface area (Å²) in [7, 11) is 1.64. The molecular formula is C44H67N3O9. The molecule has 0 radical (unpaired) electrons. The van der Waals surface area contributed by atoms with Crippen LogP contribution in [0.4, 0.5) is 0 Å². The summed E-state index contributed by atoms with van der Waals surface area (Å²) in [5, 5.41) is 9.47. The molecule has 1 amide bonds.